The van der Waals surface area contributed by atoms with Gasteiger partial charge in [0.05, 0.1) is 17.5 Å². The van der Waals surface area contributed by atoms with Crippen LogP contribution in [0.5, 0.6) is 5.75 Å². The van der Waals surface area contributed by atoms with E-state index in [1.165, 1.54) is 17.4 Å². The third kappa shape index (κ3) is 4.17. The molecule has 0 radical (unpaired) electrons. The molecule has 0 amide bonds. The van der Waals surface area contributed by atoms with E-state index in [0.717, 1.165) is 35.4 Å². The summed E-state index contributed by atoms with van der Waals surface area (Å²) in [5.41, 5.74) is 0.639. The van der Waals surface area contributed by atoms with E-state index >= 15 is 0 Å². The van der Waals surface area contributed by atoms with Crippen LogP contribution in [-0.4, -0.2) is 38.2 Å². The number of methoxy groups -OCH3 is 1. The number of nitrogens with one attached hydrogen (secondary N) is 1. The molecule has 1 aliphatic heterocycles. The fraction of sp³-hybridized carbons (Fsp3) is 0.375. The fourth-order valence-electron chi connectivity index (χ4n) is 2.80. The molecule has 0 unspecified atom stereocenters. The van der Waals surface area contributed by atoms with E-state index in [9.17, 15) is 4.39 Å². The molecule has 0 saturated carbocycles. The van der Waals surface area contributed by atoms with Gasteiger partial charge in [-0.3, -0.25) is 4.90 Å². The summed E-state index contributed by atoms with van der Waals surface area (Å²) < 4.78 is 20.5. The molecule has 23 heavy (non-hydrogen) atoms. The quantitative estimate of drug-likeness (QED) is 0.873. The molecule has 0 aliphatic carbocycles. The Morgan fingerprint density at radius 3 is 2.61 bits per heavy atom. The van der Waals surface area contributed by atoms with Gasteiger partial charge in [0.2, 0.25) is 0 Å². The number of hydrogen-bond donors (Lipinski definition) is 1. The Morgan fingerprint density at radius 1 is 1.26 bits per heavy atom. The molecule has 3 rings (SSSR count). The third-order valence-corrected chi connectivity index (χ3v) is 5.16. The number of piperazine rings is 1. The molecule has 7 heteroatoms. The van der Waals surface area contributed by atoms with Crippen molar-refractivity contribution in [2.45, 2.75) is 6.04 Å². The summed E-state index contributed by atoms with van der Waals surface area (Å²) in [5.74, 6) is 0.452. The molecule has 1 saturated heterocycles. The predicted octanol–water partition coefficient (Wildman–Crippen LogP) is 3.97. The van der Waals surface area contributed by atoms with Crippen LogP contribution in [-0.2, 0) is 0 Å². The van der Waals surface area contributed by atoms with Crippen LogP contribution < -0.4 is 10.1 Å². The zero-order valence-electron chi connectivity index (χ0n) is 12.7. The number of rotatable bonds is 4. The Kier molecular flexibility index (Phi) is 6.68. The zero-order valence-corrected chi connectivity index (χ0v) is 15.1. The topological polar surface area (TPSA) is 24.5 Å². The van der Waals surface area contributed by atoms with E-state index < -0.39 is 0 Å². The highest BCUT2D eigenvalue weighted by Gasteiger charge is 2.28. The van der Waals surface area contributed by atoms with Gasteiger partial charge in [-0.2, -0.15) is 0 Å². The first kappa shape index (κ1) is 18.5. The van der Waals surface area contributed by atoms with Gasteiger partial charge in [0.1, 0.15) is 11.6 Å². The van der Waals surface area contributed by atoms with Gasteiger partial charge in [0.25, 0.3) is 0 Å². The van der Waals surface area contributed by atoms with Gasteiger partial charge in [0, 0.05) is 36.6 Å². The van der Waals surface area contributed by atoms with E-state index in [1.807, 2.05) is 12.1 Å². The standard InChI is InChI=1S/C16H18ClFN2OS.ClH/c1-21-11-2-3-13(18)12(10-11)16(14-4-5-15(17)22-14)20-8-6-19-7-9-20;/h2-5,10,16,19H,6-9H2,1H3;1H/t16-;/m0./s1. The van der Waals surface area contributed by atoms with Crippen molar-refractivity contribution in [1.82, 2.24) is 10.2 Å². The molecule has 0 spiro atoms. The highest BCUT2D eigenvalue weighted by Crippen LogP contribution is 2.37. The third-order valence-electron chi connectivity index (χ3n) is 3.88. The lowest BCUT2D eigenvalue weighted by molar-refractivity contribution is 0.197. The second kappa shape index (κ2) is 8.31. The number of nitrogens with zero attached hydrogens (tertiary/aromatic N) is 1. The maximum atomic E-state index is 14.5. The van der Waals surface area contributed by atoms with E-state index in [2.05, 4.69) is 10.2 Å². The van der Waals surface area contributed by atoms with Crippen LogP contribution in [0.2, 0.25) is 4.34 Å². The van der Waals surface area contributed by atoms with Crippen molar-refractivity contribution in [3.8, 4) is 5.75 Å². The summed E-state index contributed by atoms with van der Waals surface area (Å²) in [7, 11) is 1.60. The van der Waals surface area contributed by atoms with Gasteiger partial charge in [-0.25, -0.2) is 4.39 Å². The minimum atomic E-state index is -0.214. The lowest BCUT2D eigenvalue weighted by Crippen LogP contribution is -2.45. The Balaban J connectivity index is 0.00000192. The van der Waals surface area contributed by atoms with Crippen LogP contribution in [0.25, 0.3) is 0 Å². The molecule has 1 aliphatic rings. The first-order valence-electron chi connectivity index (χ1n) is 7.22. The lowest BCUT2D eigenvalue weighted by Gasteiger charge is -2.35. The average Bonchev–Trinajstić information content (AvgIpc) is 2.96. The smallest absolute Gasteiger partial charge is 0.128 e. The normalized spacial score (nSPS) is 16.7. The molecule has 0 bridgehead atoms. The molecule has 2 heterocycles. The first-order valence-corrected chi connectivity index (χ1v) is 8.42. The molecule has 1 atom stereocenters. The van der Waals surface area contributed by atoms with E-state index in [4.69, 9.17) is 16.3 Å². The van der Waals surface area contributed by atoms with Crippen molar-refractivity contribution >= 4 is 35.3 Å². The largest absolute Gasteiger partial charge is 0.497 e. The van der Waals surface area contributed by atoms with Gasteiger partial charge < -0.3 is 10.1 Å². The number of thiophene rings is 1. The van der Waals surface area contributed by atoms with Crippen molar-refractivity contribution in [3.05, 3.63) is 50.9 Å². The van der Waals surface area contributed by atoms with Crippen LogP contribution in [0.15, 0.2) is 30.3 Å². The summed E-state index contributed by atoms with van der Waals surface area (Å²) in [5, 5.41) is 3.33. The van der Waals surface area contributed by atoms with Crippen LogP contribution in [0.4, 0.5) is 4.39 Å². The fourth-order valence-corrected chi connectivity index (χ4v) is 4.02. The molecule has 1 aromatic heterocycles. The Morgan fingerprint density at radius 2 is 2.00 bits per heavy atom. The average molecular weight is 377 g/mol. The molecule has 2 aromatic rings. The van der Waals surface area contributed by atoms with Gasteiger partial charge >= 0.3 is 0 Å². The molecule has 1 fully saturated rings. The van der Waals surface area contributed by atoms with E-state index in [-0.39, 0.29) is 24.3 Å². The second-order valence-electron chi connectivity index (χ2n) is 5.22. The van der Waals surface area contributed by atoms with E-state index in [0.29, 0.717) is 11.3 Å². The van der Waals surface area contributed by atoms with Crippen LogP contribution in [0, 0.1) is 5.82 Å². The summed E-state index contributed by atoms with van der Waals surface area (Å²) >= 11 is 7.60. The number of benzene rings is 1. The summed E-state index contributed by atoms with van der Waals surface area (Å²) in [6.07, 6.45) is 0. The van der Waals surface area contributed by atoms with Crippen molar-refractivity contribution in [3.63, 3.8) is 0 Å². The number of halogens is 3. The van der Waals surface area contributed by atoms with Crippen molar-refractivity contribution < 1.29 is 9.13 Å². The van der Waals surface area contributed by atoms with Crippen LogP contribution in [0.1, 0.15) is 16.5 Å². The maximum absolute atomic E-state index is 14.5. The minimum absolute atomic E-state index is 0. The SMILES string of the molecule is COc1ccc(F)c([C@@H](c2ccc(Cl)s2)N2CCNCC2)c1.Cl. The highest BCUT2D eigenvalue weighted by atomic mass is 35.5. The monoisotopic (exact) mass is 376 g/mol. The van der Waals surface area contributed by atoms with Crippen molar-refractivity contribution in [1.29, 1.82) is 0 Å². The van der Waals surface area contributed by atoms with Crippen molar-refractivity contribution in [2.24, 2.45) is 0 Å². The van der Waals surface area contributed by atoms with E-state index in [1.54, 1.807) is 19.2 Å². The lowest BCUT2D eigenvalue weighted by atomic mass is 10.0. The van der Waals surface area contributed by atoms with Gasteiger partial charge in [-0.05, 0) is 30.3 Å². The summed E-state index contributed by atoms with van der Waals surface area (Å²) in [6.45, 7) is 3.55. The van der Waals surface area contributed by atoms with Crippen LogP contribution in [0.3, 0.4) is 0 Å². The minimum Gasteiger partial charge on any atom is -0.497 e. The van der Waals surface area contributed by atoms with Crippen LogP contribution >= 0.6 is 35.3 Å². The predicted molar refractivity (Wildman–Crippen MR) is 95.8 cm³/mol. The maximum Gasteiger partial charge on any atom is 0.128 e. The summed E-state index contributed by atoms with van der Waals surface area (Å²) in [4.78, 5) is 3.34. The molecular weight excluding hydrogens is 358 g/mol. The van der Waals surface area contributed by atoms with Gasteiger partial charge in [0.15, 0.2) is 0 Å². The Labute approximate surface area is 150 Å². The number of hydrogen-bond acceptors (Lipinski definition) is 4. The van der Waals surface area contributed by atoms with Crippen molar-refractivity contribution in [2.75, 3.05) is 33.3 Å². The molecular formula is C16H19Cl2FN2OS. The molecule has 1 aromatic carbocycles. The Bertz CT molecular complexity index is 647. The van der Waals surface area contributed by atoms with Gasteiger partial charge in [-0.15, -0.1) is 23.7 Å². The molecule has 126 valence electrons. The van der Waals surface area contributed by atoms with Gasteiger partial charge in [-0.1, -0.05) is 11.6 Å². The summed E-state index contributed by atoms with van der Waals surface area (Å²) in [6, 6.07) is 8.63. The first-order chi connectivity index (χ1) is 10.7. The highest BCUT2D eigenvalue weighted by molar-refractivity contribution is 7.16. The second-order valence-corrected chi connectivity index (χ2v) is 6.96. The Hall–Kier alpha value is -0.850. The zero-order chi connectivity index (χ0) is 15.5. The molecule has 3 nitrogen and oxygen atoms in total. The molecule has 1 N–H and O–H groups in total. The number of ether oxygens (including phenoxy) is 1.